The first-order valence-corrected chi connectivity index (χ1v) is 7.91. The molecule has 0 bridgehead atoms. The number of nitrogens with zero attached hydrogens (tertiary/aromatic N) is 3. The minimum atomic E-state index is 0.694. The van der Waals surface area contributed by atoms with E-state index in [4.69, 9.17) is 5.26 Å². The second-order valence-corrected chi connectivity index (χ2v) is 6.43. The number of hydrogen-bond acceptors (Lipinski definition) is 7. The Labute approximate surface area is 110 Å². The third-order valence-corrected chi connectivity index (χ3v) is 5.07. The van der Waals surface area contributed by atoms with Crippen LogP contribution >= 0.6 is 46.6 Å². The summed E-state index contributed by atoms with van der Waals surface area (Å²) in [5, 5.41) is 14.2. The molecule has 0 aliphatic heterocycles. The van der Waals surface area contributed by atoms with Crippen LogP contribution < -0.4 is 0 Å². The molecular weight excluding hydrogens is 278 g/mol. The van der Waals surface area contributed by atoms with E-state index in [0.29, 0.717) is 5.08 Å². The molecule has 0 aliphatic carbocycles. The van der Waals surface area contributed by atoms with Crippen molar-refractivity contribution < 1.29 is 0 Å². The van der Waals surface area contributed by atoms with E-state index in [-0.39, 0.29) is 0 Å². The summed E-state index contributed by atoms with van der Waals surface area (Å²) in [5.41, 5.74) is 2.20. The first-order valence-electron chi connectivity index (χ1n) is 4.33. The van der Waals surface area contributed by atoms with Crippen molar-refractivity contribution in [3.63, 3.8) is 0 Å². The number of nitriles is 1. The zero-order chi connectivity index (χ0) is 11.4. The Kier molecular flexibility index (Phi) is 4.23. The van der Waals surface area contributed by atoms with Gasteiger partial charge in [0.25, 0.3) is 0 Å². The molecular formula is C9H7N3S4. The summed E-state index contributed by atoms with van der Waals surface area (Å²) < 4.78 is 8.56. The van der Waals surface area contributed by atoms with Gasteiger partial charge in [-0.3, -0.25) is 0 Å². The van der Waals surface area contributed by atoms with Gasteiger partial charge in [0.15, 0.2) is 0 Å². The van der Waals surface area contributed by atoms with E-state index in [1.807, 2.05) is 5.40 Å². The summed E-state index contributed by atoms with van der Waals surface area (Å²) >= 11 is 5.69. The Morgan fingerprint density at radius 2 is 2.38 bits per heavy atom. The maximum Gasteiger partial charge on any atom is 0.140 e. The fourth-order valence-electron chi connectivity index (χ4n) is 1.09. The minimum absolute atomic E-state index is 0.694. The second kappa shape index (κ2) is 5.68. The number of hydrogen-bond donors (Lipinski definition) is 0. The average Bonchev–Trinajstić information content (AvgIpc) is 2.87. The predicted octanol–water partition coefficient (Wildman–Crippen LogP) is 3.84. The van der Waals surface area contributed by atoms with Crippen molar-refractivity contribution in [2.75, 3.05) is 5.08 Å². The monoisotopic (exact) mass is 285 g/mol. The predicted molar refractivity (Wildman–Crippen MR) is 71.9 cm³/mol. The third-order valence-electron chi connectivity index (χ3n) is 1.74. The zero-order valence-electron chi connectivity index (χ0n) is 8.34. The first-order chi connectivity index (χ1) is 7.81. The lowest BCUT2D eigenvalue weighted by molar-refractivity contribution is 1.28. The Morgan fingerprint density at radius 3 is 3.06 bits per heavy atom. The van der Waals surface area contributed by atoms with Crippen LogP contribution in [0.25, 0.3) is 10.6 Å². The van der Waals surface area contributed by atoms with Crippen LogP contribution in [0.3, 0.4) is 0 Å². The summed E-state index contributed by atoms with van der Waals surface area (Å²) in [6.45, 7) is 2.07. The standard InChI is InChI=1S/C9H7N3S4/c1-6-2-7(14-3-6)8-9(12-16-11-8)15-5-13-4-10/h2-3H,5H2,1H3. The van der Waals surface area contributed by atoms with Gasteiger partial charge in [0, 0.05) is 0 Å². The molecule has 0 spiro atoms. The van der Waals surface area contributed by atoms with Crippen molar-refractivity contribution in [2.45, 2.75) is 11.9 Å². The van der Waals surface area contributed by atoms with Gasteiger partial charge >= 0.3 is 0 Å². The van der Waals surface area contributed by atoms with Crippen LogP contribution in [0.2, 0.25) is 0 Å². The lowest BCUT2D eigenvalue weighted by atomic mass is 10.3. The summed E-state index contributed by atoms with van der Waals surface area (Å²) in [7, 11) is 0. The number of rotatable bonds is 4. The Bertz CT molecular complexity index is 511. The van der Waals surface area contributed by atoms with Crippen LogP contribution in [-0.2, 0) is 0 Å². The van der Waals surface area contributed by atoms with Gasteiger partial charge in [0.1, 0.15) is 16.1 Å². The Hall–Kier alpha value is -0.550. The molecule has 0 saturated carbocycles. The summed E-state index contributed by atoms with van der Waals surface area (Å²) in [4.78, 5) is 1.15. The first kappa shape index (κ1) is 11.9. The molecule has 16 heavy (non-hydrogen) atoms. The van der Waals surface area contributed by atoms with Crippen LogP contribution in [0, 0.1) is 17.6 Å². The molecule has 0 unspecified atom stereocenters. The average molecular weight is 285 g/mol. The molecule has 2 aromatic rings. The highest BCUT2D eigenvalue weighted by atomic mass is 32.2. The molecule has 7 heteroatoms. The topological polar surface area (TPSA) is 49.6 Å². The van der Waals surface area contributed by atoms with Gasteiger partial charge in [0.2, 0.25) is 0 Å². The van der Waals surface area contributed by atoms with Crippen LogP contribution in [-0.4, -0.2) is 13.8 Å². The Morgan fingerprint density at radius 1 is 1.50 bits per heavy atom. The largest absolute Gasteiger partial charge is 0.185 e. The summed E-state index contributed by atoms with van der Waals surface area (Å²) in [6.07, 6.45) is 0. The number of aromatic nitrogens is 2. The van der Waals surface area contributed by atoms with E-state index in [1.54, 1.807) is 23.1 Å². The van der Waals surface area contributed by atoms with E-state index in [1.165, 1.54) is 29.1 Å². The minimum Gasteiger partial charge on any atom is -0.185 e. The number of aryl methyl sites for hydroxylation is 1. The number of thiocyanates is 1. The van der Waals surface area contributed by atoms with Gasteiger partial charge in [-0.2, -0.15) is 14.0 Å². The van der Waals surface area contributed by atoms with E-state index in [2.05, 4.69) is 27.1 Å². The molecule has 2 rings (SSSR count). The SMILES string of the molecule is Cc1csc(-c2nsnc2SCSC#N)c1. The highest BCUT2D eigenvalue weighted by Crippen LogP contribution is 2.34. The molecule has 2 aromatic heterocycles. The fraction of sp³-hybridized carbons (Fsp3) is 0.222. The van der Waals surface area contributed by atoms with Gasteiger partial charge in [-0.05, 0) is 35.7 Å². The maximum absolute atomic E-state index is 8.45. The molecule has 82 valence electrons. The van der Waals surface area contributed by atoms with Gasteiger partial charge in [-0.1, -0.05) is 11.8 Å². The molecule has 0 fully saturated rings. The molecule has 0 amide bonds. The van der Waals surface area contributed by atoms with Crippen molar-refractivity contribution in [2.24, 2.45) is 0 Å². The molecule has 0 N–H and O–H groups in total. The molecule has 0 saturated heterocycles. The van der Waals surface area contributed by atoms with E-state index >= 15 is 0 Å². The van der Waals surface area contributed by atoms with E-state index < -0.39 is 0 Å². The lowest BCUT2D eigenvalue weighted by Gasteiger charge is -1.95. The molecule has 2 heterocycles. The van der Waals surface area contributed by atoms with Crippen molar-refractivity contribution >= 4 is 46.6 Å². The molecule has 0 atom stereocenters. The highest BCUT2D eigenvalue weighted by molar-refractivity contribution is 8.18. The van der Waals surface area contributed by atoms with Gasteiger partial charge in [-0.15, -0.1) is 11.3 Å². The smallest absolute Gasteiger partial charge is 0.140 e. The van der Waals surface area contributed by atoms with Crippen molar-refractivity contribution in [1.29, 1.82) is 5.26 Å². The molecule has 0 aliphatic rings. The van der Waals surface area contributed by atoms with Crippen molar-refractivity contribution in [1.82, 2.24) is 8.75 Å². The maximum atomic E-state index is 8.45. The molecule has 0 radical (unpaired) electrons. The van der Waals surface area contributed by atoms with Gasteiger partial charge in [0.05, 0.1) is 21.7 Å². The van der Waals surface area contributed by atoms with Crippen molar-refractivity contribution in [3.8, 4) is 16.0 Å². The highest BCUT2D eigenvalue weighted by Gasteiger charge is 2.12. The van der Waals surface area contributed by atoms with E-state index in [0.717, 1.165) is 15.6 Å². The van der Waals surface area contributed by atoms with Gasteiger partial charge in [-0.25, -0.2) is 0 Å². The summed E-state index contributed by atoms with van der Waals surface area (Å²) in [5.74, 6) is 0. The third kappa shape index (κ3) is 2.77. The normalized spacial score (nSPS) is 10.2. The second-order valence-electron chi connectivity index (χ2n) is 2.90. The number of thiophene rings is 1. The Balaban J connectivity index is 2.16. The summed E-state index contributed by atoms with van der Waals surface area (Å²) in [6, 6.07) is 2.11. The quantitative estimate of drug-likeness (QED) is 0.370. The lowest BCUT2D eigenvalue weighted by Crippen LogP contribution is -1.77. The van der Waals surface area contributed by atoms with E-state index in [9.17, 15) is 0 Å². The van der Waals surface area contributed by atoms with Crippen LogP contribution in [0.1, 0.15) is 5.56 Å². The van der Waals surface area contributed by atoms with Crippen LogP contribution in [0.4, 0.5) is 0 Å². The fourth-order valence-corrected chi connectivity index (χ4v) is 4.13. The van der Waals surface area contributed by atoms with Crippen LogP contribution in [0.15, 0.2) is 16.5 Å². The van der Waals surface area contributed by atoms with Crippen molar-refractivity contribution in [3.05, 3.63) is 17.0 Å². The zero-order valence-corrected chi connectivity index (χ0v) is 11.6. The van der Waals surface area contributed by atoms with Crippen LogP contribution in [0.5, 0.6) is 0 Å². The van der Waals surface area contributed by atoms with Gasteiger partial charge < -0.3 is 0 Å². The molecule has 3 nitrogen and oxygen atoms in total. The number of thioether (sulfide) groups is 2. The molecule has 0 aromatic carbocycles.